The van der Waals surface area contributed by atoms with Gasteiger partial charge in [0, 0.05) is 31.9 Å². The van der Waals surface area contributed by atoms with Crippen LogP contribution in [-0.4, -0.2) is 41.6 Å². The molecular formula is C13H21N3O2S. The van der Waals surface area contributed by atoms with Crippen LogP contribution < -0.4 is 14.9 Å². The van der Waals surface area contributed by atoms with Gasteiger partial charge in [-0.2, -0.15) is 0 Å². The molecule has 1 aliphatic rings. The van der Waals surface area contributed by atoms with Crippen molar-refractivity contribution < 1.29 is 8.42 Å². The predicted octanol–water partition coefficient (Wildman–Crippen LogP) is 0.783. The predicted molar refractivity (Wildman–Crippen MR) is 77.0 cm³/mol. The first kappa shape index (κ1) is 14.3. The average Bonchev–Trinajstić information content (AvgIpc) is 3.19. The van der Waals surface area contributed by atoms with Crippen molar-refractivity contribution in [3.8, 4) is 0 Å². The quantitative estimate of drug-likeness (QED) is 0.776. The van der Waals surface area contributed by atoms with Crippen LogP contribution in [0.4, 0.5) is 5.69 Å². The second-order valence-electron chi connectivity index (χ2n) is 4.91. The third-order valence-corrected chi connectivity index (χ3v) is 4.72. The molecule has 6 heteroatoms. The maximum absolute atomic E-state index is 12.0. The number of hydrogen-bond acceptors (Lipinski definition) is 4. The lowest BCUT2D eigenvalue weighted by atomic mass is 10.3. The summed E-state index contributed by atoms with van der Waals surface area (Å²) in [6, 6.07) is 7.16. The zero-order chi connectivity index (χ0) is 13.9. The van der Waals surface area contributed by atoms with Gasteiger partial charge in [0.2, 0.25) is 10.0 Å². The van der Waals surface area contributed by atoms with E-state index < -0.39 is 10.0 Å². The monoisotopic (exact) mass is 283 g/mol. The summed E-state index contributed by atoms with van der Waals surface area (Å²) in [4.78, 5) is 2.42. The lowest BCUT2D eigenvalue weighted by Crippen LogP contribution is -2.27. The lowest BCUT2D eigenvalue weighted by Gasteiger charge is -2.19. The van der Waals surface area contributed by atoms with Crippen molar-refractivity contribution in [3.05, 3.63) is 24.3 Å². The van der Waals surface area contributed by atoms with Crippen LogP contribution in [0.5, 0.6) is 0 Å². The number of sulfonamides is 1. The topological polar surface area (TPSA) is 61.4 Å². The molecule has 1 aliphatic carbocycles. The summed E-state index contributed by atoms with van der Waals surface area (Å²) in [5.74, 6) is 0. The highest BCUT2D eigenvalue weighted by Gasteiger charge is 2.27. The number of hydrogen-bond donors (Lipinski definition) is 2. The number of nitrogens with zero attached hydrogens (tertiary/aromatic N) is 1. The molecule has 106 valence electrons. The highest BCUT2D eigenvalue weighted by Crippen LogP contribution is 2.23. The van der Waals surface area contributed by atoms with Crippen molar-refractivity contribution in [3.63, 3.8) is 0 Å². The highest BCUT2D eigenvalue weighted by molar-refractivity contribution is 7.89. The fraction of sp³-hybridized carbons (Fsp3) is 0.538. The Balaban J connectivity index is 2.04. The summed E-state index contributed by atoms with van der Waals surface area (Å²) >= 11 is 0. The second kappa shape index (κ2) is 5.90. The molecule has 1 aromatic carbocycles. The Bertz CT molecular complexity index is 509. The van der Waals surface area contributed by atoms with Gasteiger partial charge in [0.25, 0.3) is 0 Å². The van der Waals surface area contributed by atoms with Crippen molar-refractivity contribution in [2.45, 2.75) is 23.8 Å². The third kappa shape index (κ3) is 3.92. The van der Waals surface area contributed by atoms with Crippen molar-refractivity contribution in [2.24, 2.45) is 0 Å². The van der Waals surface area contributed by atoms with E-state index in [0.29, 0.717) is 4.90 Å². The van der Waals surface area contributed by atoms with Crippen LogP contribution in [0.3, 0.4) is 0 Å². The molecule has 19 heavy (non-hydrogen) atoms. The van der Waals surface area contributed by atoms with E-state index in [2.05, 4.69) is 14.9 Å². The molecule has 0 spiro atoms. The zero-order valence-corrected chi connectivity index (χ0v) is 12.2. The summed E-state index contributed by atoms with van der Waals surface area (Å²) in [5, 5.41) is 3.08. The Morgan fingerprint density at radius 2 is 1.89 bits per heavy atom. The minimum Gasteiger partial charge on any atom is -0.373 e. The van der Waals surface area contributed by atoms with E-state index in [-0.39, 0.29) is 6.04 Å². The van der Waals surface area contributed by atoms with Crippen LogP contribution >= 0.6 is 0 Å². The molecule has 0 bridgehead atoms. The van der Waals surface area contributed by atoms with E-state index in [1.54, 1.807) is 12.1 Å². The van der Waals surface area contributed by atoms with Gasteiger partial charge in [-0.15, -0.1) is 0 Å². The van der Waals surface area contributed by atoms with Gasteiger partial charge in [-0.1, -0.05) is 0 Å². The smallest absolute Gasteiger partial charge is 0.240 e. The average molecular weight is 283 g/mol. The molecule has 0 aromatic heterocycles. The van der Waals surface area contributed by atoms with Crippen molar-refractivity contribution in [2.75, 3.05) is 32.1 Å². The SMILES string of the molecule is CNCCN(C)c1ccc(S(=O)(=O)NC2CC2)cc1. The van der Waals surface area contributed by atoms with Gasteiger partial charge in [0.1, 0.15) is 0 Å². The molecular weight excluding hydrogens is 262 g/mol. The van der Waals surface area contributed by atoms with Crippen molar-refractivity contribution in [1.29, 1.82) is 0 Å². The van der Waals surface area contributed by atoms with Crippen molar-refractivity contribution in [1.82, 2.24) is 10.0 Å². The molecule has 1 aromatic rings. The van der Waals surface area contributed by atoms with E-state index in [4.69, 9.17) is 0 Å². The fourth-order valence-electron chi connectivity index (χ4n) is 1.78. The molecule has 0 amide bonds. The molecule has 0 heterocycles. The summed E-state index contributed by atoms with van der Waals surface area (Å²) in [6.45, 7) is 1.77. The Hall–Kier alpha value is -1.11. The highest BCUT2D eigenvalue weighted by atomic mass is 32.2. The molecule has 0 radical (unpaired) electrons. The molecule has 5 nitrogen and oxygen atoms in total. The first-order chi connectivity index (χ1) is 9.03. The standard InChI is InChI=1S/C13H21N3O2S/c1-14-9-10-16(2)12-5-7-13(8-6-12)19(17,18)15-11-3-4-11/h5-8,11,14-15H,3-4,9-10H2,1-2H3. The zero-order valence-electron chi connectivity index (χ0n) is 11.4. The third-order valence-electron chi connectivity index (χ3n) is 3.18. The van der Waals surface area contributed by atoms with Crippen molar-refractivity contribution >= 4 is 15.7 Å². The molecule has 0 aliphatic heterocycles. The summed E-state index contributed by atoms with van der Waals surface area (Å²) in [7, 11) is 0.562. The van der Waals surface area contributed by atoms with Gasteiger partial charge in [-0.05, 0) is 44.2 Å². The van der Waals surface area contributed by atoms with E-state index in [0.717, 1.165) is 31.6 Å². The Morgan fingerprint density at radius 1 is 1.26 bits per heavy atom. The largest absolute Gasteiger partial charge is 0.373 e. The van der Waals surface area contributed by atoms with Gasteiger partial charge < -0.3 is 10.2 Å². The maximum Gasteiger partial charge on any atom is 0.240 e. The van der Waals surface area contributed by atoms with Crippen LogP contribution in [0.1, 0.15) is 12.8 Å². The van der Waals surface area contributed by atoms with E-state index in [9.17, 15) is 8.42 Å². The Kier molecular flexibility index (Phi) is 4.44. The Morgan fingerprint density at radius 3 is 2.42 bits per heavy atom. The number of anilines is 1. The van der Waals surface area contributed by atoms with Gasteiger partial charge >= 0.3 is 0 Å². The lowest BCUT2D eigenvalue weighted by molar-refractivity contribution is 0.581. The number of benzene rings is 1. The minimum absolute atomic E-state index is 0.142. The van der Waals surface area contributed by atoms with E-state index >= 15 is 0 Å². The van der Waals surface area contributed by atoms with Crippen LogP contribution in [0.2, 0.25) is 0 Å². The molecule has 1 saturated carbocycles. The summed E-state index contributed by atoms with van der Waals surface area (Å²) in [5.41, 5.74) is 1.01. The molecule has 0 unspecified atom stereocenters. The van der Waals surface area contributed by atoms with Gasteiger partial charge in [0.05, 0.1) is 4.90 Å². The normalized spacial score (nSPS) is 15.5. The van der Waals surface area contributed by atoms with Crippen LogP contribution in [0, 0.1) is 0 Å². The second-order valence-corrected chi connectivity index (χ2v) is 6.63. The van der Waals surface area contributed by atoms with Crippen LogP contribution in [-0.2, 0) is 10.0 Å². The molecule has 0 atom stereocenters. The van der Waals surface area contributed by atoms with Crippen LogP contribution in [0.25, 0.3) is 0 Å². The summed E-state index contributed by atoms with van der Waals surface area (Å²) < 4.78 is 26.7. The van der Waals surface area contributed by atoms with Gasteiger partial charge in [0.15, 0.2) is 0 Å². The van der Waals surface area contributed by atoms with E-state index in [1.165, 1.54) is 0 Å². The number of rotatable bonds is 7. The van der Waals surface area contributed by atoms with Gasteiger partial charge in [-0.25, -0.2) is 13.1 Å². The molecule has 2 rings (SSSR count). The van der Waals surface area contributed by atoms with Gasteiger partial charge in [-0.3, -0.25) is 0 Å². The molecule has 0 saturated heterocycles. The fourth-order valence-corrected chi connectivity index (χ4v) is 3.08. The molecule has 2 N–H and O–H groups in total. The molecule has 1 fully saturated rings. The number of nitrogens with one attached hydrogen (secondary N) is 2. The first-order valence-electron chi connectivity index (χ1n) is 6.51. The van der Waals surface area contributed by atoms with E-state index in [1.807, 2.05) is 26.2 Å². The summed E-state index contributed by atoms with van der Waals surface area (Å²) in [6.07, 6.45) is 1.90. The first-order valence-corrected chi connectivity index (χ1v) is 7.99. The number of likely N-dealkylation sites (N-methyl/N-ethyl adjacent to an activating group) is 2. The van der Waals surface area contributed by atoms with Crippen LogP contribution in [0.15, 0.2) is 29.2 Å². The minimum atomic E-state index is -3.34. The Labute approximate surface area is 115 Å². The maximum atomic E-state index is 12.0.